The van der Waals surface area contributed by atoms with Gasteiger partial charge in [-0.1, -0.05) is 0 Å². The van der Waals surface area contributed by atoms with Crippen LogP contribution in [0.15, 0.2) is 22.2 Å². The molecule has 0 bridgehead atoms. The van der Waals surface area contributed by atoms with Crippen LogP contribution in [0.25, 0.3) is 0 Å². The Bertz CT molecular complexity index is 353. The van der Waals surface area contributed by atoms with Crippen molar-refractivity contribution in [2.45, 2.75) is 13.3 Å². The van der Waals surface area contributed by atoms with E-state index in [1.807, 2.05) is 29.5 Å². The molecule has 3 nitrogen and oxygen atoms in total. The normalized spacial score (nSPS) is 13.1. The van der Waals surface area contributed by atoms with Crippen LogP contribution in [0.4, 0.5) is 14.6 Å². The summed E-state index contributed by atoms with van der Waals surface area (Å²) in [6.45, 7) is 1.81. The first kappa shape index (κ1) is 11.3. The lowest BCUT2D eigenvalue weighted by Crippen LogP contribution is -1.75. The molecule has 0 saturated heterocycles. The van der Waals surface area contributed by atoms with E-state index < -0.39 is 6.43 Å². The smallest absolute Gasteiger partial charge is 0.265 e. The van der Waals surface area contributed by atoms with Crippen LogP contribution < -0.4 is 0 Å². The van der Waals surface area contributed by atoms with Gasteiger partial charge in [0.05, 0.1) is 3.72 Å². The van der Waals surface area contributed by atoms with Crippen molar-refractivity contribution in [3.8, 4) is 0 Å². The van der Waals surface area contributed by atoms with Crippen molar-refractivity contribution in [3.63, 3.8) is 0 Å². The highest BCUT2D eigenvalue weighted by molar-refractivity contribution is 14.1. The Morgan fingerprint density at radius 1 is 1.64 bits per heavy atom. The second kappa shape index (κ2) is 5.18. The fourth-order valence-corrected chi connectivity index (χ4v) is 0.894. The first-order valence-electron chi connectivity index (χ1n) is 3.78. The fraction of sp³-hybridized carbons (Fsp3) is 0.250. The average Bonchev–Trinajstić information content (AvgIpc) is 2.52. The van der Waals surface area contributed by atoms with Crippen molar-refractivity contribution in [2.75, 3.05) is 0 Å². The first-order chi connectivity index (χ1) is 6.59. The van der Waals surface area contributed by atoms with E-state index in [0.29, 0.717) is 5.82 Å². The van der Waals surface area contributed by atoms with Gasteiger partial charge in [-0.05, 0) is 35.6 Å². The van der Waals surface area contributed by atoms with E-state index >= 15 is 0 Å². The van der Waals surface area contributed by atoms with Gasteiger partial charge in [0.2, 0.25) is 0 Å². The fourth-order valence-electron chi connectivity index (χ4n) is 0.770. The highest BCUT2D eigenvalue weighted by Crippen LogP contribution is 2.22. The number of hydrogen-bond acceptors (Lipinski definition) is 1. The number of rotatable bonds is 3. The highest BCUT2D eigenvalue weighted by Gasteiger charge is 2.07. The number of alkyl halides is 2. The molecule has 1 heterocycles. The monoisotopic (exact) mass is 311 g/mol. The number of halogens is 3. The van der Waals surface area contributed by atoms with Gasteiger partial charge in [-0.15, -0.1) is 0 Å². The zero-order valence-electron chi connectivity index (χ0n) is 7.34. The average molecular weight is 311 g/mol. The third-order valence-corrected chi connectivity index (χ3v) is 1.65. The van der Waals surface area contributed by atoms with Crippen LogP contribution in [0.5, 0.6) is 0 Å². The van der Waals surface area contributed by atoms with E-state index in [1.54, 1.807) is 0 Å². The van der Waals surface area contributed by atoms with Gasteiger partial charge in [0.25, 0.3) is 6.43 Å². The highest BCUT2D eigenvalue weighted by atomic mass is 127. The number of aromatic amines is 1. The molecule has 76 valence electrons. The number of nitrogens with one attached hydrogen (secondary N) is 1. The zero-order valence-corrected chi connectivity index (χ0v) is 9.50. The lowest BCUT2D eigenvalue weighted by atomic mass is 10.3. The number of aliphatic imine (C=N–C) groups is 2. The molecule has 14 heavy (non-hydrogen) atoms. The van der Waals surface area contributed by atoms with Crippen LogP contribution in [-0.4, -0.2) is 15.0 Å². The molecule has 0 aliphatic heterocycles. The summed E-state index contributed by atoms with van der Waals surface area (Å²) in [5, 5.41) is 0. The van der Waals surface area contributed by atoms with E-state index in [0.717, 1.165) is 3.72 Å². The Balaban J connectivity index is 2.69. The zero-order chi connectivity index (χ0) is 10.6. The van der Waals surface area contributed by atoms with Crippen LogP contribution in [0, 0.1) is 0 Å². The van der Waals surface area contributed by atoms with E-state index in [-0.39, 0.29) is 5.56 Å². The van der Waals surface area contributed by atoms with E-state index in [2.05, 4.69) is 15.0 Å². The van der Waals surface area contributed by atoms with Crippen LogP contribution >= 0.6 is 22.6 Å². The first-order valence-corrected chi connectivity index (χ1v) is 4.86. The number of H-pyrrole nitrogens is 1. The van der Waals surface area contributed by atoms with Crippen molar-refractivity contribution >= 4 is 38.5 Å². The topological polar surface area (TPSA) is 40.5 Å². The van der Waals surface area contributed by atoms with Gasteiger partial charge in [-0.2, -0.15) is 0 Å². The molecule has 1 N–H and O–H groups in total. The largest absolute Gasteiger partial charge is 0.346 e. The summed E-state index contributed by atoms with van der Waals surface area (Å²) in [6, 6.07) is 1.29. The molecule has 0 saturated carbocycles. The summed E-state index contributed by atoms with van der Waals surface area (Å²) in [5.41, 5.74) is -0.0627. The molecular weight excluding hydrogens is 303 g/mol. The maximum atomic E-state index is 12.1. The molecule has 1 rings (SSSR count). The SMILES string of the molecule is CC(I)=NC=Nc1cc(C(F)F)c[nH]1. The lowest BCUT2D eigenvalue weighted by molar-refractivity contribution is 0.151. The second-order valence-corrected chi connectivity index (χ2v) is 4.05. The predicted molar refractivity (Wildman–Crippen MR) is 61.0 cm³/mol. The van der Waals surface area contributed by atoms with E-state index in [1.165, 1.54) is 18.6 Å². The van der Waals surface area contributed by atoms with Crippen molar-refractivity contribution in [2.24, 2.45) is 9.98 Å². The predicted octanol–water partition coefficient (Wildman–Crippen LogP) is 3.47. The summed E-state index contributed by atoms with van der Waals surface area (Å²) in [4.78, 5) is 10.3. The number of hydrogen-bond donors (Lipinski definition) is 1. The molecule has 0 aliphatic carbocycles. The van der Waals surface area contributed by atoms with Gasteiger partial charge in [0, 0.05) is 11.8 Å². The molecule has 0 aromatic carbocycles. The molecule has 0 spiro atoms. The summed E-state index contributed by atoms with van der Waals surface area (Å²) < 4.78 is 25.1. The minimum atomic E-state index is -2.47. The molecule has 1 aromatic rings. The third-order valence-electron chi connectivity index (χ3n) is 1.37. The molecular formula is C8H8F2IN3. The second-order valence-electron chi connectivity index (χ2n) is 2.49. The Morgan fingerprint density at radius 2 is 2.36 bits per heavy atom. The van der Waals surface area contributed by atoms with Crippen molar-refractivity contribution in [1.82, 2.24) is 4.98 Å². The number of nitrogens with zero attached hydrogens (tertiary/aromatic N) is 2. The summed E-state index contributed by atoms with van der Waals surface area (Å²) in [7, 11) is 0. The Kier molecular flexibility index (Phi) is 4.18. The molecule has 0 unspecified atom stereocenters. The van der Waals surface area contributed by atoms with Crippen molar-refractivity contribution < 1.29 is 8.78 Å². The summed E-state index contributed by atoms with van der Waals surface area (Å²) in [6.07, 6.45) is 0.0888. The number of aromatic nitrogens is 1. The van der Waals surface area contributed by atoms with Crippen LogP contribution in [-0.2, 0) is 0 Å². The maximum Gasteiger partial charge on any atom is 0.265 e. The Morgan fingerprint density at radius 3 is 2.86 bits per heavy atom. The molecule has 1 aromatic heterocycles. The van der Waals surface area contributed by atoms with Gasteiger partial charge in [0.1, 0.15) is 12.2 Å². The van der Waals surface area contributed by atoms with Gasteiger partial charge in [-0.3, -0.25) is 0 Å². The maximum absolute atomic E-state index is 12.1. The molecule has 0 amide bonds. The summed E-state index contributed by atoms with van der Waals surface area (Å²) in [5.74, 6) is 0.377. The summed E-state index contributed by atoms with van der Waals surface area (Å²) >= 11 is 2.03. The van der Waals surface area contributed by atoms with Gasteiger partial charge in [0.15, 0.2) is 0 Å². The molecule has 0 fully saturated rings. The van der Waals surface area contributed by atoms with Gasteiger partial charge < -0.3 is 4.98 Å². The molecule has 0 aliphatic rings. The van der Waals surface area contributed by atoms with E-state index in [4.69, 9.17) is 0 Å². The van der Waals surface area contributed by atoms with Crippen molar-refractivity contribution in [3.05, 3.63) is 17.8 Å². The standard InChI is InChI=1S/C8H8F2IN3/c1-5(11)13-4-14-7-2-6(3-12-7)8(9)10/h2-4,8,12H,1H3. The molecule has 0 radical (unpaired) electrons. The van der Waals surface area contributed by atoms with Crippen LogP contribution in [0.1, 0.15) is 18.9 Å². The lowest BCUT2D eigenvalue weighted by Gasteiger charge is -1.88. The van der Waals surface area contributed by atoms with Gasteiger partial charge >= 0.3 is 0 Å². The Hall–Kier alpha value is -0.790. The van der Waals surface area contributed by atoms with E-state index in [9.17, 15) is 8.78 Å². The van der Waals surface area contributed by atoms with Gasteiger partial charge in [-0.25, -0.2) is 18.8 Å². The van der Waals surface area contributed by atoms with Crippen LogP contribution in [0.3, 0.4) is 0 Å². The van der Waals surface area contributed by atoms with Crippen LogP contribution in [0.2, 0.25) is 0 Å². The third kappa shape index (κ3) is 3.52. The van der Waals surface area contributed by atoms with Crippen molar-refractivity contribution in [1.29, 1.82) is 0 Å². The molecule has 0 atom stereocenters. The Labute approximate surface area is 93.5 Å². The molecule has 6 heteroatoms. The quantitative estimate of drug-likeness (QED) is 0.504. The minimum Gasteiger partial charge on any atom is -0.346 e. The minimum absolute atomic E-state index is 0.0627.